The molecule has 1 atom stereocenters. The number of nitrogens with zero attached hydrogens (tertiary/aromatic N) is 1. The summed E-state index contributed by atoms with van der Waals surface area (Å²) >= 11 is 0. The summed E-state index contributed by atoms with van der Waals surface area (Å²) in [6.07, 6.45) is 1.16. The molecule has 0 radical (unpaired) electrons. The van der Waals surface area contributed by atoms with Gasteiger partial charge in [-0.1, -0.05) is 6.42 Å². The van der Waals surface area contributed by atoms with E-state index in [2.05, 4.69) is 4.72 Å². The molecule has 0 heterocycles. The number of hydrogen-bond donors (Lipinski definition) is 3. The molecule has 1 aromatic rings. The number of nitro groups is 1. The van der Waals surface area contributed by atoms with Crippen molar-refractivity contribution in [2.75, 3.05) is 6.54 Å². The van der Waals surface area contributed by atoms with Crippen LogP contribution in [0.2, 0.25) is 0 Å². The van der Waals surface area contributed by atoms with Crippen LogP contribution in [0.4, 0.5) is 5.69 Å². The molecule has 4 N–H and O–H groups in total. The summed E-state index contributed by atoms with van der Waals surface area (Å²) in [5.41, 5.74) is 5.13. The van der Waals surface area contributed by atoms with Crippen LogP contribution in [-0.2, 0) is 14.8 Å². The highest BCUT2D eigenvalue weighted by molar-refractivity contribution is 7.89. The second kappa shape index (κ2) is 7.82. The van der Waals surface area contributed by atoms with E-state index in [1.54, 1.807) is 0 Å². The maximum atomic E-state index is 11.9. The van der Waals surface area contributed by atoms with Crippen molar-refractivity contribution in [3.63, 3.8) is 0 Å². The fourth-order valence-electron chi connectivity index (χ4n) is 1.65. The molecule has 0 saturated carbocycles. The number of nitrogens with two attached hydrogens (primary N) is 1. The average molecular weight is 331 g/mol. The van der Waals surface area contributed by atoms with Gasteiger partial charge < -0.3 is 10.8 Å². The van der Waals surface area contributed by atoms with Gasteiger partial charge in [-0.25, -0.2) is 13.1 Å². The molecule has 9 nitrogen and oxygen atoms in total. The summed E-state index contributed by atoms with van der Waals surface area (Å²) in [6.45, 7) is 0.131. The molecular formula is C12H17N3O6S. The van der Waals surface area contributed by atoms with Gasteiger partial charge in [0.1, 0.15) is 6.04 Å². The molecular weight excluding hydrogens is 314 g/mol. The van der Waals surface area contributed by atoms with Crippen LogP contribution in [0, 0.1) is 10.1 Å². The summed E-state index contributed by atoms with van der Waals surface area (Å²) in [5, 5.41) is 19.1. The summed E-state index contributed by atoms with van der Waals surface area (Å²) in [5.74, 6) is -1.09. The molecule has 122 valence electrons. The molecule has 10 heteroatoms. The molecule has 1 aromatic carbocycles. The summed E-state index contributed by atoms with van der Waals surface area (Å²) < 4.78 is 26.2. The third-order valence-electron chi connectivity index (χ3n) is 2.91. The lowest BCUT2D eigenvalue weighted by molar-refractivity contribution is -0.384. The summed E-state index contributed by atoms with van der Waals surface area (Å²) in [6, 6.07) is 3.58. The summed E-state index contributed by atoms with van der Waals surface area (Å²) in [4.78, 5) is 20.3. The zero-order valence-corrected chi connectivity index (χ0v) is 12.5. The predicted octanol–water partition coefficient (Wildman–Crippen LogP) is 0.455. The molecule has 1 rings (SSSR count). The van der Waals surface area contributed by atoms with E-state index in [1.165, 1.54) is 0 Å². The minimum absolute atomic E-state index is 0.0691. The fraction of sp³-hybridized carbons (Fsp3) is 0.417. The monoisotopic (exact) mass is 331 g/mol. The van der Waals surface area contributed by atoms with Crippen LogP contribution in [0.1, 0.15) is 19.3 Å². The van der Waals surface area contributed by atoms with E-state index in [-0.39, 0.29) is 23.5 Å². The molecule has 22 heavy (non-hydrogen) atoms. The van der Waals surface area contributed by atoms with Crippen LogP contribution < -0.4 is 10.5 Å². The smallest absolute Gasteiger partial charge is 0.320 e. The van der Waals surface area contributed by atoms with Gasteiger partial charge in [-0.2, -0.15) is 0 Å². The van der Waals surface area contributed by atoms with E-state index < -0.39 is 27.0 Å². The molecule has 0 amide bonds. The number of carbonyl (C=O) groups is 1. The number of aliphatic carboxylic acids is 1. The van der Waals surface area contributed by atoms with Crippen LogP contribution >= 0.6 is 0 Å². The van der Waals surface area contributed by atoms with Crippen molar-refractivity contribution in [2.24, 2.45) is 5.73 Å². The van der Waals surface area contributed by atoms with Crippen LogP contribution in [0.5, 0.6) is 0 Å². The SMILES string of the molecule is NC(CCCCNS(=O)(=O)c1ccc([N+](=O)[O-])cc1)C(=O)O. The second-order valence-electron chi connectivity index (χ2n) is 4.59. The standard InChI is InChI=1S/C12H17N3O6S/c13-11(12(16)17)3-1-2-8-14-22(20,21)10-6-4-9(5-7-10)15(18)19/h4-7,11,14H,1-3,8,13H2,(H,16,17). The van der Waals surface area contributed by atoms with Gasteiger partial charge in [-0.05, 0) is 25.0 Å². The number of benzene rings is 1. The molecule has 1 unspecified atom stereocenters. The minimum atomic E-state index is -3.74. The number of carboxylic acid groups (broad SMARTS) is 1. The van der Waals surface area contributed by atoms with Crippen molar-refractivity contribution >= 4 is 21.7 Å². The Labute approximate surface area is 127 Å². The predicted molar refractivity (Wildman–Crippen MR) is 77.7 cm³/mol. The van der Waals surface area contributed by atoms with Gasteiger partial charge >= 0.3 is 5.97 Å². The Hall–Kier alpha value is -2.04. The lowest BCUT2D eigenvalue weighted by Gasteiger charge is -2.08. The normalized spacial score (nSPS) is 12.8. The summed E-state index contributed by atoms with van der Waals surface area (Å²) in [7, 11) is -3.74. The van der Waals surface area contributed by atoms with Crippen molar-refractivity contribution in [2.45, 2.75) is 30.2 Å². The third-order valence-corrected chi connectivity index (χ3v) is 4.39. The van der Waals surface area contributed by atoms with Crippen molar-refractivity contribution in [3.8, 4) is 0 Å². The lowest BCUT2D eigenvalue weighted by Crippen LogP contribution is -2.30. The number of sulfonamides is 1. The van der Waals surface area contributed by atoms with Gasteiger partial charge in [0, 0.05) is 18.7 Å². The number of unbranched alkanes of at least 4 members (excludes halogenated alkanes) is 1. The zero-order chi connectivity index (χ0) is 16.8. The number of hydrogen-bond acceptors (Lipinski definition) is 6. The number of rotatable bonds is 9. The third kappa shape index (κ3) is 5.39. The van der Waals surface area contributed by atoms with Gasteiger partial charge in [0.25, 0.3) is 5.69 Å². The van der Waals surface area contributed by atoms with Crippen LogP contribution in [0.15, 0.2) is 29.2 Å². The Balaban J connectivity index is 2.47. The molecule has 0 saturated heterocycles. The highest BCUT2D eigenvalue weighted by Gasteiger charge is 2.15. The number of carboxylic acids is 1. The number of non-ortho nitro benzene ring substituents is 1. The zero-order valence-electron chi connectivity index (χ0n) is 11.6. The quantitative estimate of drug-likeness (QED) is 0.337. The number of nitro benzene ring substituents is 1. The molecule has 0 spiro atoms. The Bertz CT molecular complexity index is 629. The maximum Gasteiger partial charge on any atom is 0.320 e. The largest absolute Gasteiger partial charge is 0.480 e. The van der Waals surface area contributed by atoms with E-state index in [4.69, 9.17) is 10.8 Å². The molecule has 0 aliphatic carbocycles. The van der Waals surface area contributed by atoms with Gasteiger partial charge in [-0.15, -0.1) is 0 Å². The maximum absolute atomic E-state index is 11.9. The van der Waals surface area contributed by atoms with Gasteiger partial charge in [0.2, 0.25) is 10.0 Å². The molecule has 0 bridgehead atoms. The molecule has 0 aliphatic heterocycles. The first-order chi connectivity index (χ1) is 10.2. The second-order valence-corrected chi connectivity index (χ2v) is 6.36. The first-order valence-corrected chi connectivity index (χ1v) is 7.95. The van der Waals surface area contributed by atoms with Gasteiger partial charge in [-0.3, -0.25) is 14.9 Å². The lowest BCUT2D eigenvalue weighted by atomic mass is 10.1. The molecule has 0 aliphatic rings. The number of nitrogens with one attached hydrogen (secondary N) is 1. The van der Waals surface area contributed by atoms with Crippen LogP contribution in [0.25, 0.3) is 0 Å². The first-order valence-electron chi connectivity index (χ1n) is 6.46. The van der Waals surface area contributed by atoms with E-state index in [0.29, 0.717) is 12.8 Å². The Kier molecular flexibility index (Phi) is 6.40. The van der Waals surface area contributed by atoms with Crippen molar-refractivity contribution in [1.29, 1.82) is 0 Å². The topological polar surface area (TPSA) is 153 Å². The van der Waals surface area contributed by atoms with E-state index >= 15 is 0 Å². The van der Waals surface area contributed by atoms with Gasteiger partial charge in [0.15, 0.2) is 0 Å². The Morgan fingerprint density at radius 1 is 1.32 bits per heavy atom. The Morgan fingerprint density at radius 2 is 1.91 bits per heavy atom. The van der Waals surface area contributed by atoms with Crippen LogP contribution in [0.3, 0.4) is 0 Å². The highest BCUT2D eigenvalue weighted by Crippen LogP contribution is 2.15. The Morgan fingerprint density at radius 3 is 2.41 bits per heavy atom. The van der Waals surface area contributed by atoms with Gasteiger partial charge in [0.05, 0.1) is 9.82 Å². The van der Waals surface area contributed by atoms with Crippen molar-refractivity contribution in [3.05, 3.63) is 34.4 Å². The highest BCUT2D eigenvalue weighted by atomic mass is 32.2. The van der Waals surface area contributed by atoms with E-state index in [0.717, 1.165) is 24.3 Å². The minimum Gasteiger partial charge on any atom is -0.480 e. The van der Waals surface area contributed by atoms with E-state index in [1.807, 2.05) is 0 Å². The van der Waals surface area contributed by atoms with E-state index in [9.17, 15) is 23.3 Å². The van der Waals surface area contributed by atoms with Crippen LogP contribution in [-0.4, -0.2) is 37.0 Å². The van der Waals surface area contributed by atoms with Crippen molar-refractivity contribution in [1.82, 2.24) is 4.72 Å². The van der Waals surface area contributed by atoms with Crippen molar-refractivity contribution < 1.29 is 23.2 Å². The average Bonchev–Trinajstić information content (AvgIpc) is 2.46. The molecule has 0 aromatic heterocycles. The first kappa shape index (κ1) is 18.0. The molecule has 0 fully saturated rings. The fourth-order valence-corrected chi connectivity index (χ4v) is 2.72.